The Bertz CT molecular complexity index is 511. The number of hydrogen-bond donors (Lipinski definition) is 1. The number of rotatable bonds is 6. The topological polar surface area (TPSA) is 60.2 Å². The molecule has 1 atom stereocenters. The van der Waals surface area contributed by atoms with Gasteiger partial charge in [-0.3, -0.25) is 4.68 Å². The molecule has 6 heteroatoms. The second-order valence-corrected chi connectivity index (χ2v) is 4.24. The van der Waals surface area contributed by atoms with Gasteiger partial charge in [-0.25, -0.2) is 4.39 Å². The number of aromatic nitrogens is 3. The van der Waals surface area contributed by atoms with Crippen molar-refractivity contribution in [3.05, 3.63) is 42.0 Å². The van der Waals surface area contributed by atoms with Crippen LogP contribution in [-0.2, 0) is 6.54 Å². The second kappa shape index (κ2) is 6.29. The molecule has 1 heterocycles. The van der Waals surface area contributed by atoms with Gasteiger partial charge in [0.15, 0.2) is 0 Å². The lowest BCUT2D eigenvalue weighted by Gasteiger charge is -2.05. The van der Waals surface area contributed by atoms with E-state index < -0.39 is 6.10 Å². The fraction of sp³-hybridized carbons (Fsp3) is 0.385. The lowest BCUT2D eigenvalue weighted by atomic mass is 10.3. The van der Waals surface area contributed by atoms with Gasteiger partial charge in [0.05, 0.1) is 18.9 Å². The van der Waals surface area contributed by atoms with E-state index in [9.17, 15) is 9.50 Å². The van der Waals surface area contributed by atoms with Gasteiger partial charge in [0.1, 0.15) is 17.3 Å². The molecule has 0 saturated heterocycles. The third-order valence-corrected chi connectivity index (χ3v) is 2.60. The molecule has 0 aliphatic heterocycles. The van der Waals surface area contributed by atoms with Crippen molar-refractivity contribution in [3.63, 3.8) is 0 Å². The molecule has 2 rings (SSSR count). The predicted molar refractivity (Wildman–Crippen MR) is 67.2 cm³/mol. The summed E-state index contributed by atoms with van der Waals surface area (Å²) in [4.78, 5) is 0. The minimum absolute atomic E-state index is 0.277. The Balaban J connectivity index is 1.72. The van der Waals surface area contributed by atoms with Crippen LogP contribution >= 0.6 is 0 Å². The molecule has 0 aliphatic carbocycles. The maximum Gasteiger partial charge on any atom is 0.123 e. The van der Waals surface area contributed by atoms with Crippen molar-refractivity contribution in [1.82, 2.24) is 15.0 Å². The van der Waals surface area contributed by atoms with Gasteiger partial charge in [0.25, 0.3) is 0 Å². The zero-order chi connectivity index (χ0) is 13.7. The predicted octanol–water partition coefficient (Wildman–Crippen LogP) is 1.94. The number of hydrogen-bond acceptors (Lipinski definition) is 4. The van der Waals surface area contributed by atoms with Gasteiger partial charge in [-0.1, -0.05) is 5.21 Å². The maximum absolute atomic E-state index is 12.7. The van der Waals surface area contributed by atoms with Gasteiger partial charge in [-0.05, 0) is 31.2 Å². The van der Waals surface area contributed by atoms with Crippen LogP contribution in [0.25, 0.3) is 0 Å². The summed E-state index contributed by atoms with van der Waals surface area (Å²) in [6, 6.07) is 5.91. The second-order valence-electron chi connectivity index (χ2n) is 4.24. The van der Waals surface area contributed by atoms with Crippen LogP contribution < -0.4 is 4.74 Å². The number of aliphatic hydroxyl groups is 1. The molecule has 1 N–H and O–H groups in total. The summed E-state index contributed by atoms with van der Waals surface area (Å²) in [5.74, 6) is 0.366. The molecule has 0 aliphatic rings. The van der Waals surface area contributed by atoms with Gasteiger partial charge in [-0.2, -0.15) is 0 Å². The number of aryl methyl sites for hydroxylation is 1. The van der Waals surface area contributed by atoms with Gasteiger partial charge >= 0.3 is 0 Å². The Morgan fingerprint density at radius 1 is 1.37 bits per heavy atom. The van der Waals surface area contributed by atoms with E-state index in [1.807, 2.05) is 0 Å². The molecule has 1 aromatic heterocycles. The summed E-state index contributed by atoms with van der Waals surface area (Å²) < 4.78 is 19.8. The van der Waals surface area contributed by atoms with Crippen molar-refractivity contribution in [3.8, 4) is 5.75 Å². The number of benzene rings is 1. The Labute approximate surface area is 110 Å². The molecule has 0 radical (unpaired) electrons. The highest BCUT2D eigenvalue weighted by molar-refractivity contribution is 5.21. The van der Waals surface area contributed by atoms with Crippen LogP contribution in [-0.4, -0.2) is 26.7 Å². The van der Waals surface area contributed by atoms with E-state index >= 15 is 0 Å². The van der Waals surface area contributed by atoms with Gasteiger partial charge in [0.2, 0.25) is 0 Å². The molecule has 5 nitrogen and oxygen atoms in total. The van der Waals surface area contributed by atoms with Crippen LogP contribution in [0, 0.1) is 5.82 Å². The lowest BCUT2D eigenvalue weighted by molar-refractivity contribution is 0.194. The largest absolute Gasteiger partial charge is 0.494 e. The summed E-state index contributed by atoms with van der Waals surface area (Å²) in [6.45, 7) is 2.81. The van der Waals surface area contributed by atoms with Crippen molar-refractivity contribution in [2.75, 3.05) is 6.61 Å². The van der Waals surface area contributed by atoms with Crippen LogP contribution in [0.1, 0.15) is 25.1 Å². The molecule has 0 saturated carbocycles. The van der Waals surface area contributed by atoms with Gasteiger partial charge < -0.3 is 9.84 Å². The third kappa shape index (κ3) is 4.03. The van der Waals surface area contributed by atoms with Crippen LogP contribution in [0.4, 0.5) is 4.39 Å². The van der Waals surface area contributed by atoms with Gasteiger partial charge in [-0.15, -0.1) is 5.10 Å². The average Bonchev–Trinajstić information content (AvgIpc) is 2.86. The molecule has 0 fully saturated rings. The minimum Gasteiger partial charge on any atom is -0.494 e. The van der Waals surface area contributed by atoms with Crippen LogP contribution in [0.3, 0.4) is 0 Å². The van der Waals surface area contributed by atoms with Crippen molar-refractivity contribution in [2.45, 2.75) is 26.0 Å². The highest BCUT2D eigenvalue weighted by atomic mass is 19.1. The van der Waals surface area contributed by atoms with E-state index in [4.69, 9.17) is 4.74 Å². The van der Waals surface area contributed by atoms with Crippen molar-refractivity contribution >= 4 is 0 Å². The van der Waals surface area contributed by atoms with Crippen LogP contribution in [0.15, 0.2) is 30.5 Å². The highest BCUT2D eigenvalue weighted by Gasteiger charge is 2.05. The number of ether oxygens (including phenoxy) is 1. The molecular formula is C13H16FN3O2. The molecule has 1 unspecified atom stereocenters. The van der Waals surface area contributed by atoms with Crippen molar-refractivity contribution in [1.29, 1.82) is 0 Å². The first kappa shape index (κ1) is 13.5. The van der Waals surface area contributed by atoms with Gasteiger partial charge in [0, 0.05) is 13.0 Å². The van der Waals surface area contributed by atoms with Crippen LogP contribution in [0.2, 0.25) is 0 Å². The van der Waals surface area contributed by atoms with E-state index in [2.05, 4.69) is 10.3 Å². The first-order valence-corrected chi connectivity index (χ1v) is 6.11. The Kier molecular flexibility index (Phi) is 4.46. The number of aliphatic hydroxyl groups excluding tert-OH is 1. The SMILES string of the molecule is CC(O)c1cn(CCCOc2ccc(F)cc2)nn1. The molecule has 2 aromatic rings. The smallest absolute Gasteiger partial charge is 0.123 e. The summed E-state index contributed by atoms with van der Waals surface area (Å²) in [6.07, 6.45) is 1.85. The van der Waals surface area contributed by atoms with Crippen molar-refractivity contribution in [2.24, 2.45) is 0 Å². The van der Waals surface area contributed by atoms with E-state index in [0.29, 0.717) is 24.6 Å². The standard InChI is InChI=1S/C13H16FN3O2/c1-10(18)13-9-17(16-15-13)7-2-8-19-12-5-3-11(14)4-6-12/h3-6,9-10,18H,2,7-8H2,1H3. The Hall–Kier alpha value is -1.95. The van der Waals surface area contributed by atoms with E-state index in [0.717, 1.165) is 6.42 Å². The lowest BCUT2D eigenvalue weighted by Crippen LogP contribution is -2.05. The zero-order valence-corrected chi connectivity index (χ0v) is 10.7. The number of nitrogens with zero attached hydrogens (tertiary/aromatic N) is 3. The molecule has 1 aromatic carbocycles. The fourth-order valence-corrected chi connectivity index (χ4v) is 1.56. The first-order valence-electron chi connectivity index (χ1n) is 6.11. The van der Waals surface area contributed by atoms with Crippen LogP contribution in [0.5, 0.6) is 5.75 Å². The molecule has 0 amide bonds. The fourth-order valence-electron chi connectivity index (χ4n) is 1.56. The van der Waals surface area contributed by atoms with E-state index in [-0.39, 0.29) is 5.82 Å². The Morgan fingerprint density at radius 3 is 2.74 bits per heavy atom. The third-order valence-electron chi connectivity index (χ3n) is 2.60. The summed E-state index contributed by atoms with van der Waals surface area (Å²) in [5.41, 5.74) is 0.555. The summed E-state index contributed by atoms with van der Waals surface area (Å²) in [7, 11) is 0. The molecular weight excluding hydrogens is 249 g/mol. The Morgan fingerprint density at radius 2 is 2.11 bits per heavy atom. The summed E-state index contributed by atoms with van der Waals surface area (Å²) in [5, 5.41) is 17.0. The molecule has 0 spiro atoms. The maximum atomic E-state index is 12.7. The van der Waals surface area contributed by atoms with E-state index in [1.54, 1.807) is 29.9 Å². The monoisotopic (exact) mass is 265 g/mol. The molecule has 102 valence electrons. The highest BCUT2D eigenvalue weighted by Crippen LogP contribution is 2.11. The minimum atomic E-state index is -0.607. The van der Waals surface area contributed by atoms with E-state index in [1.165, 1.54) is 12.1 Å². The average molecular weight is 265 g/mol. The molecule has 19 heavy (non-hydrogen) atoms. The van der Waals surface area contributed by atoms with Crippen molar-refractivity contribution < 1.29 is 14.2 Å². The molecule has 0 bridgehead atoms. The summed E-state index contributed by atoms with van der Waals surface area (Å²) >= 11 is 0. The zero-order valence-electron chi connectivity index (χ0n) is 10.7. The normalized spacial score (nSPS) is 12.4. The number of halogens is 1. The quantitative estimate of drug-likeness (QED) is 0.811. The first-order chi connectivity index (χ1) is 9.15.